The molecule has 0 aromatic heterocycles. The van der Waals surface area contributed by atoms with Crippen molar-refractivity contribution in [2.45, 2.75) is 83.5 Å². The van der Waals surface area contributed by atoms with E-state index in [4.69, 9.17) is 23.4 Å². The molecule has 0 heterocycles. The molecule has 2 aromatic rings. The molecule has 0 aliphatic carbocycles. The number of aliphatic hydroxyl groups excluding tert-OH is 1. The molecule has 0 saturated carbocycles. The number of aliphatic hydroxyl groups is 1. The molecule has 7 heteroatoms. The van der Waals surface area contributed by atoms with Gasteiger partial charge in [-0.25, -0.2) is 0 Å². The maximum Gasteiger partial charge on any atom is 0.192 e. The third kappa shape index (κ3) is 10.4. The van der Waals surface area contributed by atoms with Crippen LogP contribution in [0.15, 0.2) is 72.8 Å². The minimum Gasteiger partial charge on any atom is -0.414 e. The fourth-order valence-corrected chi connectivity index (χ4v) is 4.52. The van der Waals surface area contributed by atoms with E-state index >= 15 is 0 Å². The SMILES string of the molecule is C/C=C/[C@@H](OCOC)[C@@H](O)[C@H](OCc1ccccc1)[C@@H](CO[Si](C)(C)C(C)(C)C)OCc1ccccc1. The first kappa shape index (κ1) is 31.4. The maximum atomic E-state index is 11.6. The Morgan fingerprint density at radius 3 is 1.89 bits per heavy atom. The summed E-state index contributed by atoms with van der Waals surface area (Å²) in [4.78, 5) is 0. The predicted octanol–water partition coefficient (Wildman–Crippen LogP) is 6.11. The van der Waals surface area contributed by atoms with Gasteiger partial charge in [0.15, 0.2) is 8.32 Å². The highest BCUT2D eigenvalue weighted by Crippen LogP contribution is 2.37. The molecule has 0 radical (unpaired) electrons. The Bertz CT molecular complexity index is 897. The van der Waals surface area contributed by atoms with Crippen molar-refractivity contribution in [1.29, 1.82) is 0 Å². The van der Waals surface area contributed by atoms with Crippen molar-refractivity contribution in [2.75, 3.05) is 20.5 Å². The van der Waals surface area contributed by atoms with Gasteiger partial charge in [-0.3, -0.25) is 0 Å². The standard InChI is InChI=1S/C30H46O6Si/c1-8-15-26(35-23-32-5)28(31)29(34-21-25-18-13-10-14-19-25)27(22-36-37(6,7)30(2,3)4)33-20-24-16-11-9-12-17-24/h8-19,26-29,31H,20-23H2,1-7H3/b15-8+/t26-,27-,28-,29-/m1/s1. The third-order valence-corrected chi connectivity index (χ3v) is 11.3. The van der Waals surface area contributed by atoms with Gasteiger partial charge in [-0.05, 0) is 36.2 Å². The first-order valence-corrected chi connectivity index (χ1v) is 15.9. The van der Waals surface area contributed by atoms with Crippen LogP contribution in [0.2, 0.25) is 18.1 Å². The summed E-state index contributed by atoms with van der Waals surface area (Å²) in [7, 11) is -0.532. The van der Waals surface area contributed by atoms with Crippen molar-refractivity contribution in [2.24, 2.45) is 0 Å². The summed E-state index contributed by atoms with van der Waals surface area (Å²) in [6.07, 6.45) is 0.758. The summed E-state index contributed by atoms with van der Waals surface area (Å²) < 4.78 is 30.4. The number of hydrogen-bond acceptors (Lipinski definition) is 6. The Hall–Kier alpha value is -1.84. The maximum absolute atomic E-state index is 11.6. The van der Waals surface area contributed by atoms with Crippen molar-refractivity contribution in [3.8, 4) is 0 Å². The summed E-state index contributed by atoms with van der Waals surface area (Å²) in [5.41, 5.74) is 2.05. The molecule has 0 fully saturated rings. The van der Waals surface area contributed by atoms with Gasteiger partial charge < -0.3 is 28.5 Å². The average Bonchev–Trinajstić information content (AvgIpc) is 2.88. The van der Waals surface area contributed by atoms with E-state index in [0.29, 0.717) is 19.8 Å². The van der Waals surface area contributed by atoms with Gasteiger partial charge in [0.1, 0.15) is 31.2 Å². The Kier molecular flexibility index (Phi) is 13.2. The molecule has 2 aromatic carbocycles. The van der Waals surface area contributed by atoms with Crippen LogP contribution in [-0.2, 0) is 36.6 Å². The van der Waals surface area contributed by atoms with Crippen LogP contribution in [0.4, 0.5) is 0 Å². The van der Waals surface area contributed by atoms with Crippen LogP contribution >= 0.6 is 0 Å². The van der Waals surface area contributed by atoms with Gasteiger partial charge in [0.05, 0.1) is 19.8 Å². The van der Waals surface area contributed by atoms with E-state index in [0.717, 1.165) is 11.1 Å². The smallest absolute Gasteiger partial charge is 0.192 e. The lowest BCUT2D eigenvalue weighted by Gasteiger charge is -2.39. The molecule has 0 saturated heterocycles. The molecule has 0 aliphatic rings. The molecule has 0 bridgehead atoms. The Balaban J connectivity index is 2.36. The molecule has 37 heavy (non-hydrogen) atoms. The number of benzene rings is 2. The Labute approximate surface area is 224 Å². The fraction of sp³-hybridized carbons (Fsp3) is 0.533. The van der Waals surface area contributed by atoms with E-state index < -0.39 is 32.7 Å². The largest absolute Gasteiger partial charge is 0.414 e. The van der Waals surface area contributed by atoms with Gasteiger partial charge in [-0.1, -0.05) is 93.6 Å². The monoisotopic (exact) mass is 530 g/mol. The van der Waals surface area contributed by atoms with Crippen LogP contribution < -0.4 is 0 Å². The minimum atomic E-state index is -2.09. The van der Waals surface area contributed by atoms with E-state index in [1.165, 1.54) is 0 Å². The highest BCUT2D eigenvalue weighted by molar-refractivity contribution is 6.74. The first-order chi connectivity index (χ1) is 17.6. The summed E-state index contributed by atoms with van der Waals surface area (Å²) in [5.74, 6) is 0. The quantitative estimate of drug-likeness (QED) is 0.161. The van der Waals surface area contributed by atoms with E-state index in [1.54, 1.807) is 7.11 Å². The number of ether oxygens (including phenoxy) is 4. The van der Waals surface area contributed by atoms with Crippen molar-refractivity contribution in [3.05, 3.63) is 83.9 Å². The number of hydrogen-bond donors (Lipinski definition) is 1. The lowest BCUT2D eigenvalue weighted by molar-refractivity contribution is -0.178. The van der Waals surface area contributed by atoms with Gasteiger partial charge in [0.25, 0.3) is 0 Å². The van der Waals surface area contributed by atoms with Crippen molar-refractivity contribution in [1.82, 2.24) is 0 Å². The summed E-state index contributed by atoms with van der Waals surface area (Å²) in [5, 5.41) is 11.6. The van der Waals surface area contributed by atoms with E-state index in [2.05, 4.69) is 33.9 Å². The third-order valence-electron chi connectivity index (χ3n) is 6.81. The van der Waals surface area contributed by atoms with Crippen molar-refractivity contribution < 1.29 is 28.5 Å². The van der Waals surface area contributed by atoms with E-state index in [-0.39, 0.29) is 11.8 Å². The molecule has 1 N–H and O–H groups in total. The lowest BCUT2D eigenvalue weighted by Crippen LogP contribution is -2.51. The zero-order chi connectivity index (χ0) is 27.3. The molecule has 4 atom stereocenters. The molecule has 2 rings (SSSR count). The number of allylic oxidation sites excluding steroid dienone is 1. The molecule has 0 unspecified atom stereocenters. The van der Waals surface area contributed by atoms with Gasteiger partial charge >= 0.3 is 0 Å². The van der Waals surface area contributed by atoms with Crippen molar-refractivity contribution >= 4 is 8.32 Å². The second kappa shape index (κ2) is 15.5. The normalized spacial score (nSPS) is 16.0. The molecule has 0 amide bonds. The molecular formula is C30H46O6Si. The second-order valence-electron chi connectivity index (χ2n) is 10.7. The molecule has 6 nitrogen and oxygen atoms in total. The van der Waals surface area contributed by atoms with Gasteiger partial charge in [-0.15, -0.1) is 0 Å². The van der Waals surface area contributed by atoms with Crippen LogP contribution in [0, 0.1) is 0 Å². The molecule has 0 spiro atoms. The molecule has 0 aliphatic heterocycles. The Morgan fingerprint density at radius 2 is 1.41 bits per heavy atom. The van der Waals surface area contributed by atoms with Gasteiger partial charge in [0, 0.05) is 7.11 Å². The highest BCUT2D eigenvalue weighted by Gasteiger charge is 2.41. The van der Waals surface area contributed by atoms with Crippen LogP contribution in [0.5, 0.6) is 0 Å². The molecule has 206 valence electrons. The second-order valence-corrected chi connectivity index (χ2v) is 15.5. The lowest BCUT2D eigenvalue weighted by atomic mass is 10.0. The van der Waals surface area contributed by atoms with Crippen LogP contribution in [-0.4, -0.2) is 58.3 Å². The summed E-state index contributed by atoms with van der Waals surface area (Å²) in [6, 6.07) is 19.9. The fourth-order valence-electron chi connectivity index (χ4n) is 3.51. The first-order valence-electron chi connectivity index (χ1n) is 13.0. The predicted molar refractivity (Wildman–Crippen MR) is 151 cm³/mol. The summed E-state index contributed by atoms with van der Waals surface area (Å²) in [6.45, 7) is 14.0. The van der Waals surface area contributed by atoms with Crippen LogP contribution in [0.1, 0.15) is 38.8 Å². The average molecular weight is 531 g/mol. The van der Waals surface area contributed by atoms with Gasteiger partial charge in [0.2, 0.25) is 0 Å². The van der Waals surface area contributed by atoms with Crippen molar-refractivity contribution in [3.63, 3.8) is 0 Å². The highest BCUT2D eigenvalue weighted by atomic mass is 28.4. The van der Waals surface area contributed by atoms with Gasteiger partial charge in [-0.2, -0.15) is 0 Å². The zero-order valence-corrected chi connectivity index (χ0v) is 24.6. The molecular weight excluding hydrogens is 484 g/mol. The van der Waals surface area contributed by atoms with Crippen LogP contribution in [0.25, 0.3) is 0 Å². The summed E-state index contributed by atoms with van der Waals surface area (Å²) >= 11 is 0. The topological polar surface area (TPSA) is 66.4 Å². The van der Waals surface area contributed by atoms with Crippen LogP contribution in [0.3, 0.4) is 0 Å². The number of rotatable bonds is 16. The zero-order valence-electron chi connectivity index (χ0n) is 23.6. The Morgan fingerprint density at radius 1 is 0.865 bits per heavy atom. The van der Waals surface area contributed by atoms with E-state index in [1.807, 2.05) is 79.7 Å². The number of methoxy groups -OCH3 is 1. The minimum absolute atomic E-state index is 0.0328. The van der Waals surface area contributed by atoms with E-state index in [9.17, 15) is 5.11 Å².